The number of aliphatic imine (C=N–C) groups is 1. The minimum Gasteiger partial charge on any atom is -0.284 e. The SMILES string of the molecule is O=C(C1=NC2(CCCCC2)N(c2ccc(Cl)cc2)N1)c1cccs1. The predicted octanol–water partition coefficient (Wildman–Crippen LogP) is 4.67. The van der Waals surface area contributed by atoms with Crippen LogP contribution in [0.5, 0.6) is 0 Å². The van der Waals surface area contributed by atoms with Crippen LogP contribution in [0.1, 0.15) is 41.8 Å². The van der Waals surface area contributed by atoms with Gasteiger partial charge >= 0.3 is 0 Å². The lowest BCUT2D eigenvalue weighted by Crippen LogP contribution is -2.51. The maximum absolute atomic E-state index is 12.7. The highest BCUT2D eigenvalue weighted by Gasteiger charge is 2.44. The van der Waals surface area contributed by atoms with Gasteiger partial charge in [0.15, 0.2) is 11.5 Å². The van der Waals surface area contributed by atoms with Crippen molar-refractivity contribution in [2.75, 3.05) is 5.01 Å². The monoisotopic (exact) mass is 359 g/mol. The third kappa shape index (κ3) is 2.72. The van der Waals surface area contributed by atoms with E-state index < -0.39 is 0 Å². The number of hydrogen-bond acceptors (Lipinski definition) is 5. The van der Waals surface area contributed by atoms with Crippen LogP contribution >= 0.6 is 22.9 Å². The van der Waals surface area contributed by atoms with E-state index in [1.807, 2.05) is 41.8 Å². The normalized spacial score (nSPS) is 19.2. The Labute approximate surface area is 150 Å². The second-order valence-electron chi connectivity index (χ2n) is 6.23. The number of anilines is 1. The minimum absolute atomic E-state index is 0.0357. The molecule has 1 aromatic carbocycles. The van der Waals surface area contributed by atoms with E-state index in [4.69, 9.17) is 16.6 Å². The van der Waals surface area contributed by atoms with Crippen molar-refractivity contribution in [2.24, 2.45) is 4.99 Å². The third-order valence-corrected chi connectivity index (χ3v) is 5.77. The van der Waals surface area contributed by atoms with E-state index in [-0.39, 0.29) is 11.4 Å². The van der Waals surface area contributed by atoms with E-state index in [0.717, 1.165) is 31.4 Å². The van der Waals surface area contributed by atoms with Crippen LogP contribution < -0.4 is 10.4 Å². The van der Waals surface area contributed by atoms with Crippen LogP contribution in [0.15, 0.2) is 46.8 Å². The number of amidine groups is 1. The molecule has 6 heteroatoms. The Morgan fingerprint density at radius 2 is 1.92 bits per heavy atom. The lowest BCUT2D eigenvalue weighted by molar-refractivity contribution is 0.106. The molecule has 1 aromatic heterocycles. The standard InChI is InChI=1S/C18H18ClN3OS/c19-13-6-8-14(9-7-13)22-18(10-2-1-3-11-18)20-17(21-22)16(23)15-5-4-12-24-15/h4-9,12H,1-3,10-11H2,(H,20,21). The molecule has 0 unspecified atom stereocenters. The van der Waals surface area contributed by atoms with Gasteiger partial charge in [-0.15, -0.1) is 11.3 Å². The van der Waals surface area contributed by atoms with Crippen molar-refractivity contribution < 1.29 is 4.79 Å². The Hall–Kier alpha value is -1.85. The highest BCUT2D eigenvalue weighted by atomic mass is 35.5. The van der Waals surface area contributed by atoms with E-state index in [9.17, 15) is 4.79 Å². The zero-order valence-corrected chi connectivity index (χ0v) is 14.7. The Bertz CT molecular complexity index is 764. The van der Waals surface area contributed by atoms with E-state index in [1.165, 1.54) is 17.8 Å². The number of benzene rings is 1. The first-order valence-electron chi connectivity index (χ1n) is 8.18. The van der Waals surface area contributed by atoms with E-state index in [0.29, 0.717) is 15.7 Å². The lowest BCUT2D eigenvalue weighted by Gasteiger charge is -2.39. The van der Waals surface area contributed by atoms with Crippen molar-refractivity contribution in [3.8, 4) is 0 Å². The van der Waals surface area contributed by atoms with Gasteiger partial charge in [0.2, 0.25) is 5.78 Å². The van der Waals surface area contributed by atoms with Crippen molar-refractivity contribution in [1.29, 1.82) is 0 Å². The molecule has 1 N–H and O–H groups in total. The van der Waals surface area contributed by atoms with Crippen LogP contribution in [0.2, 0.25) is 5.02 Å². The maximum atomic E-state index is 12.7. The molecule has 124 valence electrons. The molecule has 0 saturated heterocycles. The fraction of sp³-hybridized carbons (Fsp3) is 0.333. The van der Waals surface area contributed by atoms with Crippen molar-refractivity contribution in [1.82, 2.24) is 5.43 Å². The summed E-state index contributed by atoms with van der Waals surface area (Å²) in [4.78, 5) is 18.3. The summed E-state index contributed by atoms with van der Waals surface area (Å²) >= 11 is 7.47. The number of halogens is 1. The van der Waals surface area contributed by atoms with Crippen LogP contribution in [0.25, 0.3) is 0 Å². The smallest absolute Gasteiger partial charge is 0.239 e. The first-order chi connectivity index (χ1) is 11.7. The molecule has 0 bridgehead atoms. The number of thiophene rings is 1. The topological polar surface area (TPSA) is 44.7 Å². The van der Waals surface area contributed by atoms with Crippen LogP contribution in [0.3, 0.4) is 0 Å². The summed E-state index contributed by atoms with van der Waals surface area (Å²) in [5.41, 5.74) is 3.89. The molecule has 1 aliphatic carbocycles. The number of ketones is 1. The average molecular weight is 360 g/mol. The van der Waals surface area contributed by atoms with E-state index in [1.54, 1.807) is 0 Å². The number of carbonyl (C=O) groups excluding carboxylic acids is 1. The first-order valence-corrected chi connectivity index (χ1v) is 9.44. The van der Waals surface area contributed by atoms with Gasteiger partial charge in [0.05, 0.1) is 10.6 Å². The molecule has 0 amide bonds. The number of nitrogens with zero attached hydrogens (tertiary/aromatic N) is 2. The molecule has 2 heterocycles. The fourth-order valence-electron chi connectivity index (χ4n) is 3.47. The molecule has 1 aliphatic heterocycles. The highest BCUT2D eigenvalue weighted by molar-refractivity contribution is 7.13. The number of Topliss-reactive ketones (excluding diaryl/α,β-unsaturated/α-hetero) is 1. The van der Waals surface area contributed by atoms with Gasteiger partial charge in [-0.2, -0.15) is 0 Å². The van der Waals surface area contributed by atoms with Crippen molar-refractivity contribution >= 4 is 40.2 Å². The third-order valence-electron chi connectivity index (χ3n) is 4.65. The number of carbonyl (C=O) groups is 1. The van der Waals surface area contributed by atoms with Gasteiger partial charge in [-0.05, 0) is 61.4 Å². The van der Waals surface area contributed by atoms with Crippen LogP contribution in [-0.2, 0) is 0 Å². The van der Waals surface area contributed by atoms with Crippen LogP contribution in [0.4, 0.5) is 5.69 Å². The van der Waals surface area contributed by atoms with Gasteiger partial charge in [0.1, 0.15) is 0 Å². The number of nitrogens with one attached hydrogen (secondary N) is 1. The summed E-state index contributed by atoms with van der Waals surface area (Å²) in [6, 6.07) is 11.4. The van der Waals surface area contributed by atoms with E-state index in [2.05, 4.69) is 10.4 Å². The summed E-state index contributed by atoms with van der Waals surface area (Å²) in [6.45, 7) is 0. The summed E-state index contributed by atoms with van der Waals surface area (Å²) < 4.78 is 0. The van der Waals surface area contributed by atoms with E-state index >= 15 is 0 Å². The molecule has 4 rings (SSSR count). The van der Waals surface area contributed by atoms with Gasteiger partial charge in [-0.1, -0.05) is 24.1 Å². The van der Waals surface area contributed by atoms with Crippen LogP contribution in [0, 0.1) is 0 Å². The first kappa shape index (κ1) is 15.7. The number of hydrazine groups is 1. The quantitative estimate of drug-likeness (QED) is 0.810. The Kier molecular flexibility index (Phi) is 4.06. The predicted molar refractivity (Wildman–Crippen MR) is 99.0 cm³/mol. The molecule has 2 aromatic rings. The molecule has 0 radical (unpaired) electrons. The van der Waals surface area contributed by atoms with Gasteiger partial charge in [-0.3, -0.25) is 15.2 Å². The molecule has 1 saturated carbocycles. The summed E-state index contributed by atoms with van der Waals surface area (Å²) in [6.07, 6.45) is 5.36. The molecular formula is C18H18ClN3OS. The molecule has 4 nitrogen and oxygen atoms in total. The van der Waals surface area contributed by atoms with Gasteiger partial charge in [-0.25, -0.2) is 4.99 Å². The molecule has 1 fully saturated rings. The molecule has 2 aliphatic rings. The van der Waals surface area contributed by atoms with Gasteiger partial charge in [0.25, 0.3) is 0 Å². The van der Waals surface area contributed by atoms with Crippen molar-refractivity contribution in [2.45, 2.75) is 37.8 Å². The Morgan fingerprint density at radius 1 is 1.17 bits per heavy atom. The summed E-state index contributed by atoms with van der Waals surface area (Å²) in [5, 5.41) is 4.67. The minimum atomic E-state index is -0.367. The summed E-state index contributed by atoms with van der Waals surface area (Å²) in [7, 11) is 0. The highest BCUT2D eigenvalue weighted by Crippen LogP contribution is 2.40. The number of hydrogen-bond donors (Lipinski definition) is 1. The Morgan fingerprint density at radius 3 is 2.58 bits per heavy atom. The summed E-state index contributed by atoms with van der Waals surface area (Å²) in [5.74, 6) is 0.403. The second kappa shape index (κ2) is 6.22. The number of rotatable bonds is 3. The van der Waals surface area contributed by atoms with Crippen molar-refractivity contribution in [3.63, 3.8) is 0 Å². The second-order valence-corrected chi connectivity index (χ2v) is 7.62. The fourth-order valence-corrected chi connectivity index (χ4v) is 4.26. The van der Waals surface area contributed by atoms with Crippen LogP contribution in [-0.4, -0.2) is 17.3 Å². The zero-order valence-electron chi connectivity index (χ0n) is 13.2. The maximum Gasteiger partial charge on any atom is 0.239 e. The average Bonchev–Trinajstić information content (AvgIpc) is 3.25. The molecule has 0 atom stereocenters. The molecular weight excluding hydrogens is 342 g/mol. The molecule has 1 spiro atoms. The van der Waals surface area contributed by atoms with Gasteiger partial charge in [0, 0.05) is 5.02 Å². The molecule has 24 heavy (non-hydrogen) atoms. The zero-order chi connectivity index (χ0) is 16.6. The lowest BCUT2D eigenvalue weighted by atomic mass is 9.89. The van der Waals surface area contributed by atoms with Gasteiger partial charge < -0.3 is 0 Å². The largest absolute Gasteiger partial charge is 0.284 e. The van der Waals surface area contributed by atoms with Crippen molar-refractivity contribution in [3.05, 3.63) is 51.7 Å². The Balaban J connectivity index is 1.70.